The predicted molar refractivity (Wildman–Crippen MR) is 134 cm³/mol. The number of aliphatic hydroxyl groups is 1. The van der Waals surface area contributed by atoms with Gasteiger partial charge >= 0.3 is 0 Å². The first-order valence-corrected chi connectivity index (χ1v) is 11.5. The molecule has 5 nitrogen and oxygen atoms in total. The van der Waals surface area contributed by atoms with Gasteiger partial charge in [-0.2, -0.15) is 0 Å². The number of amides is 1. The highest BCUT2D eigenvalue weighted by atomic mass is 19.1. The maximum atomic E-state index is 15.0. The summed E-state index contributed by atoms with van der Waals surface area (Å²) in [6.07, 6.45) is 0. The number of Topliss-reactive ketones (excluding diaryl/α,β-unsaturated/α-hetero) is 1. The molecule has 1 amide bonds. The number of ether oxygens (including phenoxy) is 1. The fraction of sp³-hybridized carbons (Fsp3) is 0.241. The summed E-state index contributed by atoms with van der Waals surface area (Å²) in [5, 5.41) is 11.2. The number of hydrogen-bond acceptors (Lipinski definition) is 4. The zero-order valence-corrected chi connectivity index (χ0v) is 20.2. The second-order valence-corrected chi connectivity index (χ2v) is 9.19. The Kier molecular flexibility index (Phi) is 6.74. The van der Waals surface area contributed by atoms with Crippen LogP contribution in [0.3, 0.4) is 0 Å². The summed E-state index contributed by atoms with van der Waals surface area (Å²) in [5.41, 5.74) is 2.71. The lowest BCUT2D eigenvalue weighted by molar-refractivity contribution is -0.132. The van der Waals surface area contributed by atoms with Crippen LogP contribution in [-0.2, 0) is 9.59 Å². The standard InChI is InChI=1S/C29H28FNO4/c1-17(2)16-35-22-13-10-20(11-14-22)27(32)25-26(23-7-5-6-8-24(23)30)31(29(34)28(25)33)21-12-9-18(3)19(4)15-21/h5-15,17,26,32H,16H2,1-4H3/b27-25+. The predicted octanol–water partition coefficient (Wildman–Crippen LogP) is 6.10. The highest BCUT2D eigenvalue weighted by Crippen LogP contribution is 2.43. The maximum absolute atomic E-state index is 15.0. The molecular formula is C29H28FNO4. The van der Waals surface area contributed by atoms with Crippen molar-refractivity contribution in [3.63, 3.8) is 0 Å². The van der Waals surface area contributed by atoms with E-state index in [4.69, 9.17) is 4.74 Å². The number of ketones is 1. The van der Waals surface area contributed by atoms with Crippen molar-refractivity contribution >= 4 is 23.1 Å². The van der Waals surface area contributed by atoms with Gasteiger partial charge in [-0.1, -0.05) is 38.1 Å². The lowest BCUT2D eigenvalue weighted by atomic mass is 9.94. The van der Waals surface area contributed by atoms with Crippen molar-refractivity contribution in [2.45, 2.75) is 33.7 Å². The Bertz CT molecular complexity index is 1310. The summed E-state index contributed by atoms with van der Waals surface area (Å²) < 4.78 is 20.7. The maximum Gasteiger partial charge on any atom is 0.300 e. The van der Waals surface area contributed by atoms with Crippen LogP contribution in [-0.4, -0.2) is 23.4 Å². The molecule has 3 aromatic rings. The molecule has 1 N–H and O–H groups in total. The Morgan fingerprint density at radius 1 is 1.00 bits per heavy atom. The summed E-state index contributed by atoms with van der Waals surface area (Å²) >= 11 is 0. The first-order valence-electron chi connectivity index (χ1n) is 11.5. The average Bonchev–Trinajstić information content (AvgIpc) is 3.10. The molecule has 3 aromatic carbocycles. The molecule has 1 saturated heterocycles. The van der Waals surface area contributed by atoms with Gasteiger partial charge in [0.1, 0.15) is 17.3 Å². The van der Waals surface area contributed by atoms with Crippen LogP contribution < -0.4 is 9.64 Å². The van der Waals surface area contributed by atoms with Crippen molar-refractivity contribution in [1.82, 2.24) is 0 Å². The van der Waals surface area contributed by atoms with Crippen LogP contribution >= 0.6 is 0 Å². The van der Waals surface area contributed by atoms with Crippen molar-refractivity contribution in [3.8, 4) is 5.75 Å². The van der Waals surface area contributed by atoms with Crippen molar-refractivity contribution < 1.29 is 23.8 Å². The fourth-order valence-electron chi connectivity index (χ4n) is 4.09. The Morgan fingerprint density at radius 3 is 2.31 bits per heavy atom. The second-order valence-electron chi connectivity index (χ2n) is 9.19. The zero-order chi connectivity index (χ0) is 25.3. The number of carbonyl (C=O) groups excluding carboxylic acids is 2. The van der Waals surface area contributed by atoms with Gasteiger partial charge in [0, 0.05) is 16.8 Å². The number of halogens is 1. The number of benzene rings is 3. The van der Waals surface area contributed by atoms with Gasteiger partial charge in [-0.15, -0.1) is 0 Å². The number of aryl methyl sites for hydroxylation is 2. The fourth-order valence-corrected chi connectivity index (χ4v) is 4.09. The number of nitrogens with zero attached hydrogens (tertiary/aromatic N) is 1. The van der Waals surface area contributed by atoms with E-state index in [2.05, 4.69) is 0 Å². The third kappa shape index (κ3) is 4.69. The largest absolute Gasteiger partial charge is 0.507 e. The summed E-state index contributed by atoms with van der Waals surface area (Å²) in [6, 6.07) is 16.8. The number of carbonyl (C=O) groups is 2. The van der Waals surface area contributed by atoms with E-state index in [1.54, 1.807) is 42.5 Å². The molecule has 35 heavy (non-hydrogen) atoms. The quantitative estimate of drug-likeness (QED) is 0.267. The average molecular weight is 474 g/mol. The van der Waals surface area contributed by atoms with E-state index >= 15 is 4.39 Å². The minimum Gasteiger partial charge on any atom is -0.507 e. The Morgan fingerprint density at radius 2 is 1.69 bits per heavy atom. The van der Waals surface area contributed by atoms with E-state index in [1.807, 2.05) is 33.8 Å². The van der Waals surface area contributed by atoms with Gasteiger partial charge in [-0.05, 0) is 73.4 Å². The number of rotatable bonds is 6. The van der Waals surface area contributed by atoms with Crippen LogP contribution in [0.4, 0.5) is 10.1 Å². The van der Waals surface area contributed by atoms with E-state index in [9.17, 15) is 14.7 Å². The van der Waals surface area contributed by atoms with Crippen LogP contribution in [0.2, 0.25) is 0 Å². The van der Waals surface area contributed by atoms with E-state index in [0.29, 0.717) is 29.5 Å². The van der Waals surface area contributed by atoms with E-state index in [-0.39, 0.29) is 16.9 Å². The van der Waals surface area contributed by atoms with Gasteiger partial charge in [-0.25, -0.2) is 4.39 Å². The van der Waals surface area contributed by atoms with Crippen molar-refractivity contribution in [1.29, 1.82) is 0 Å². The molecule has 1 aliphatic rings. The van der Waals surface area contributed by atoms with E-state index < -0.39 is 23.5 Å². The van der Waals surface area contributed by atoms with E-state index in [0.717, 1.165) is 11.1 Å². The summed E-state index contributed by atoms with van der Waals surface area (Å²) in [7, 11) is 0. The minimum absolute atomic E-state index is 0.128. The van der Waals surface area contributed by atoms with Crippen LogP contribution in [0.25, 0.3) is 5.76 Å². The highest BCUT2D eigenvalue weighted by molar-refractivity contribution is 6.51. The van der Waals surface area contributed by atoms with Gasteiger partial charge in [0.05, 0.1) is 18.2 Å². The number of anilines is 1. The van der Waals surface area contributed by atoms with Gasteiger partial charge in [0.2, 0.25) is 0 Å². The summed E-state index contributed by atoms with van der Waals surface area (Å²) in [5.74, 6) is -1.65. The Hall–Kier alpha value is -3.93. The molecule has 0 radical (unpaired) electrons. The van der Waals surface area contributed by atoms with Crippen LogP contribution in [0.15, 0.2) is 72.3 Å². The molecule has 4 rings (SSSR count). The van der Waals surface area contributed by atoms with Gasteiger partial charge in [-0.3, -0.25) is 14.5 Å². The van der Waals surface area contributed by atoms with Gasteiger partial charge < -0.3 is 9.84 Å². The first-order chi connectivity index (χ1) is 16.7. The molecule has 0 saturated carbocycles. The van der Waals surface area contributed by atoms with Crippen molar-refractivity contribution in [2.75, 3.05) is 11.5 Å². The smallest absolute Gasteiger partial charge is 0.300 e. The molecular weight excluding hydrogens is 445 g/mol. The molecule has 1 fully saturated rings. The van der Waals surface area contributed by atoms with Crippen LogP contribution in [0.5, 0.6) is 5.75 Å². The Balaban J connectivity index is 1.85. The molecule has 1 heterocycles. The van der Waals surface area contributed by atoms with Gasteiger partial charge in [0.25, 0.3) is 11.7 Å². The van der Waals surface area contributed by atoms with Crippen LogP contribution in [0.1, 0.15) is 42.1 Å². The highest BCUT2D eigenvalue weighted by Gasteiger charge is 2.47. The molecule has 1 atom stereocenters. The zero-order valence-electron chi connectivity index (χ0n) is 20.2. The molecule has 6 heteroatoms. The second kappa shape index (κ2) is 9.74. The molecule has 1 aliphatic heterocycles. The molecule has 0 bridgehead atoms. The van der Waals surface area contributed by atoms with Gasteiger partial charge in [0.15, 0.2) is 0 Å². The third-order valence-corrected chi connectivity index (χ3v) is 6.12. The van der Waals surface area contributed by atoms with Crippen molar-refractivity contribution in [3.05, 3.63) is 100 Å². The topological polar surface area (TPSA) is 66.8 Å². The lowest BCUT2D eigenvalue weighted by Crippen LogP contribution is -2.30. The molecule has 1 unspecified atom stereocenters. The Labute approximate surface area is 204 Å². The lowest BCUT2D eigenvalue weighted by Gasteiger charge is -2.26. The first kappa shape index (κ1) is 24.2. The molecule has 0 aromatic heterocycles. The normalized spacial score (nSPS) is 17.3. The molecule has 0 aliphatic carbocycles. The summed E-state index contributed by atoms with van der Waals surface area (Å²) in [4.78, 5) is 27.7. The van der Waals surface area contributed by atoms with Crippen molar-refractivity contribution in [2.24, 2.45) is 5.92 Å². The number of aliphatic hydroxyl groups excluding tert-OH is 1. The minimum atomic E-state index is -1.12. The molecule has 0 spiro atoms. The van der Waals surface area contributed by atoms with Crippen LogP contribution in [0, 0.1) is 25.6 Å². The number of hydrogen-bond donors (Lipinski definition) is 1. The monoisotopic (exact) mass is 473 g/mol. The summed E-state index contributed by atoms with van der Waals surface area (Å²) in [6.45, 7) is 8.46. The molecule has 180 valence electrons. The van der Waals surface area contributed by atoms with E-state index in [1.165, 1.54) is 23.1 Å². The third-order valence-electron chi connectivity index (χ3n) is 6.12. The SMILES string of the molecule is Cc1ccc(N2C(=O)C(=O)/C(=C(/O)c3ccc(OCC(C)C)cc3)C2c2ccccc2F)cc1C.